The van der Waals surface area contributed by atoms with Crippen LogP contribution in [-0.2, 0) is 9.53 Å². The number of rotatable bonds is 4. The molecule has 2 rings (SSSR count). The molecule has 1 atom stereocenters. The summed E-state index contributed by atoms with van der Waals surface area (Å²) in [5, 5.41) is 0. The molecule has 104 valence electrons. The van der Waals surface area contributed by atoms with Crippen molar-refractivity contribution in [3.63, 3.8) is 0 Å². The van der Waals surface area contributed by atoms with E-state index in [1.54, 1.807) is 4.90 Å². The lowest BCUT2D eigenvalue weighted by atomic mass is 10.1. The van der Waals surface area contributed by atoms with Crippen molar-refractivity contribution in [1.82, 2.24) is 9.80 Å². The average Bonchev–Trinajstić information content (AvgIpc) is 2.81. The number of hydrogen-bond donors (Lipinski definition) is 0. The minimum absolute atomic E-state index is 0.0537. The predicted molar refractivity (Wildman–Crippen MR) is 62.6 cm³/mol. The van der Waals surface area contributed by atoms with Crippen LogP contribution in [0.15, 0.2) is 0 Å². The van der Waals surface area contributed by atoms with Crippen molar-refractivity contribution < 1.29 is 18.3 Å². The number of methoxy groups -OCH3 is 1. The van der Waals surface area contributed by atoms with Gasteiger partial charge < -0.3 is 9.64 Å². The highest BCUT2D eigenvalue weighted by Gasteiger charge is 2.71. The highest BCUT2D eigenvalue weighted by Crippen LogP contribution is 2.60. The van der Waals surface area contributed by atoms with E-state index in [4.69, 9.17) is 4.74 Å². The molecule has 0 aromatic heterocycles. The van der Waals surface area contributed by atoms with Gasteiger partial charge in [-0.05, 0) is 0 Å². The number of alkyl halides is 2. The Morgan fingerprint density at radius 2 is 1.83 bits per heavy atom. The van der Waals surface area contributed by atoms with E-state index in [0.717, 1.165) is 0 Å². The van der Waals surface area contributed by atoms with Crippen LogP contribution in [0.5, 0.6) is 0 Å². The minimum atomic E-state index is -2.60. The number of piperazine rings is 1. The summed E-state index contributed by atoms with van der Waals surface area (Å²) in [4.78, 5) is 14.9. The van der Waals surface area contributed by atoms with Gasteiger partial charge in [-0.3, -0.25) is 9.69 Å². The standard InChI is InChI=1S/C12H20F2N2O2/c1-10(17)16-5-3-15(4-6-16)8-11(9-18-2)7-12(11,13)14/h3-9H2,1-2H3/t11-/m1/s1. The second-order valence-corrected chi connectivity index (χ2v) is 5.38. The number of carbonyl (C=O) groups is 1. The molecule has 1 saturated carbocycles. The zero-order valence-electron chi connectivity index (χ0n) is 10.9. The van der Waals surface area contributed by atoms with Gasteiger partial charge in [0.25, 0.3) is 5.92 Å². The van der Waals surface area contributed by atoms with Crippen LogP contribution < -0.4 is 0 Å². The van der Waals surface area contributed by atoms with E-state index in [-0.39, 0.29) is 18.9 Å². The van der Waals surface area contributed by atoms with Crippen LogP contribution in [0.3, 0.4) is 0 Å². The molecule has 0 bridgehead atoms. The Hall–Kier alpha value is -0.750. The van der Waals surface area contributed by atoms with Gasteiger partial charge in [0.2, 0.25) is 5.91 Å². The largest absolute Gasteiger partial charge is 0.384 e. The van der Waals surface area contributed by atoms with Crippen molar-refractivity contribution in [2.45, 2.75) is 19.3 Å². The fourth-order valence-electron chi connectivity index (χ4n) is 2.68. The molecule has 0 spiro atoms. The van der Waals surface area contributed by atoms with Gasteiger partial charge in [0.15, 0.2) is 0 Å². The van der Waals surface area contributed by atoms with Crippen LogP contribution in [0.1, 0.15) is 13.3 Å². The number of ether oxygens (including phenoxy) is 1. The fourth-order valence-corrected chi connectivity index (χ4v) is 2.68. The molecule has 1 aliphatic carbocycles. The lowest BCUT2D eigenvalue weighted by Crippen LogP contribution is -2.50. The van der Waals surface area contributed by atoms with Crippen LogP contribution in [0.25, 0.3) is 0 Å². The third-order valence-corrected chi connectivity index (χ3v) is 3.98. The van der Waals surface area contributed by atoms with Gasteiger partial charge in [-0.1, -0.05) is 0 Å². The van der Waals surface area contributed by atoms with Gasteiger partial charge in [-0.15, -0.1) is 0 Å². The monoisotopic (exact) mass is 262 g/mol. The molecule has 18 heavy (non-hydrogen) atoms. The van der Waals surface area contributed by atoms with Crippen LogP contribution >= 0.6 is 0 Å². The first-order valence-corrected chi connectivity index (χ1v) is 6.25. The predicted octanol–water partition coefficient (Wildman–Crippen LogP) is 0.822. The highest BCUT2D eigenvalue weighted by atomic mass is 19.3. The number of amides is 1. The normalized spacial score (nSPS) is 31.4. The zero-order valence-corrected chi connectivity index (χ0v) is 10.9. The Bertz CT molecular complexity index is 330. The van der Waals surface area contributed by atoms with Crippen molar-refractivity contribution in [2.24, 2.45) is 5.41 Å². The molecule has 2 fully saturated rings. The molecular formula is C12H20F2N2O2. The Labute approximate surface area is 106 Å². The van der Waals surface area contributed by atoms with Crippen molar-refractivity contribution in [3.8, 4) is 0 Å². The molecule has 1 heterocycles. The molecule has 0 unspecified atom stereocenters. The third-order valence-electron chi connectivity index (χ3n) is 3.98. The SMILES string of the molecule is COC[C@]1(CN2CCN(C(C)=O)CC2)CC1(F)F. The van der Waals surface area contributed by atoms with Crippen LogP contribution in [0.2, 0.25) is 0 Å². The molecule has 2 aliphatic rings. The topological polar surface area (TPSA) is 32.8 Å². The quantitative estimate of drug-likeness (QED) is 0.752. The first-order chi connectivity index (χ1) is 8.40. The van der Waals surface area contributed by atoms with E-state index in [0.29, 0.717) is 32.7 Å². The van der Waals surface area contributed by atoms with Gasteiger partial charge >= 0.3 is 0 Å². The molecule has 1 amide bonds. The Kier molecular flexibility index (Phi) is 3.60. The number of hydrogen-bond acceptors (Lipinski definition) is 3. The van der Waals surface area contributed by atoms with Crippen molar-refractivity contribution >= 4 is 5.91 Å². The van der Waals surface area contributed by atoms with Crippen LogP contribution in [0, 0.1) is 5.41 Å². The molecule has 1 aliphatic heterocycles. The van der Waals surface area contributed by atoms with Gasteiger partial charge in [0.1, 0.15) is 0 Å². The molecule has 6 heteroatoms. The molecule has 4 nitrogen and oxygen atoms in total. The lowest BCUT2D eigenvalue weighted by molar-refractivity contribution is -0.130. The summed E-state index contributed by atoms with van der Waals surface area (Å²) in [5.74, 6) is -2.54. The second-order valence-electron chi connectivity index (χ2n) is 5.38. The van der Waals surface area contributed by atoms with Crippen LogP contribution in [0.4, 0.5) is 8.78 Å². The summed E-state index contributed by atoms with van der Waals surface area (Å²) in [6.07, 6.45) is -0.0826. The highest BCUT2D eigenvalue weighted by molar-refractivity contribution is 5.73. The fraction of sp³-hybridized carbons (Fsp3) is 0.917. The minimum Gasteiger partial charge on any atom is -0.384 e. The van der Waals surface area contributed by atoms with E-state index >= 15 is 0 Å². The Morgan fingerprint density at radius 1 is 1.28 bits per heavy atom. The summed E-state index contributed by atoms with van der Waals surface area (Å²) in [6.45, 7) is 4.60. The maximum atomic E-state index is 13.4. The summed E-state index contributed by atoms with van der Waals surface area (Å²) < 4.78 is 31.8. The van der Waals surface area contributed by atoms with E-state index in [1.807, 2.05) is 4.90 Å². The van der Waals surface area contributed by atoms with Gasteiger partial charge in [-0.25, -0.2) is 8.78 Å². The van der Waals surface area contributed by atoms with E-state index < -0.39 is 11.3 Å². The molecule has 0 aromatic rings. The molecule has 1 saturated heterocycles. The smallest absolute Gasteiger partial charge is 0.258 e. The number of carbonyl (C=O) groups excluding carboxylic acids is 1. The lowest BCUT2D eigenvalue weighted by Gasteiger charge is -2.36. The third kappa shape index (κ3) is 2.49. The average molecular weight is 262 g/mol. The van der Waals surface area contributed by atoms with Crippen molar-refractivity contribution in [1.29, 1.82) is 0 Å². The van der Waals surface area contributed by atoms with Gasteiger partial charge in [-0.2, -0.15) is 0 Å². The number of halogens is 2. The molecule has 0 N–H and O–H groups in total. The first-order valence-electron chi connectivity index (χ1n) is 6.25. The van der Waals surface area contributed by atoms with Crippen molar-refractivity contribution in [2.75, 3.05) is 46.4 Å². The van der Waals surface area contributed by atoms with Crippen molar-refractivity contribution in [3.05, 3.63) is 0 Å². The summed E-state index contributed by atoms with van der Waals surface area (Å²) in [7, 11) is 1.46. The number of nitrogens with zero attached hydrogens (tertiary/aromatic N) is 2. The van der Waals surface area contributed by atoms with E-state index in [9.17, 15) is 13.6 Å². The zero-order chi connectivity index (χ0) is 13.4. The van der Waals surface area contributed by atoms with E-state index in [2.05, 4.69) is 0 Å². The van der Waals surface area contributed by atoms with E-state index in [1.165, 1.54) is 14.0 Å². The summed E-state index contributed by atoms with van der Waals surface area (Å²) in [6, 6.07) is 0. The summed E-state index contributed by atoms with van der Waals surface area (Å²) in [5.41, 5.74) is -1.000. The van der Waals surface area contributed by atoms with Crippen LogP contribution in [-0.4, -0.2) is 68.1 Å². The Morgan fingerprint density at radius 3 is 2.22 bits per heavy atom. The Balaban J connectivity index is 1.86. The molecule has 0 radical (unpaired) electrons. The van der Waals surface area contributed by atoms with Gasteiger partial charge in [0, 0.05) is 53.2 Å². The maximum Gasteiger partial charge on any atom is 0.258 e. The van der Waals surface area contributed by atoms with Gasteiger partial charge in [0.05, 0.1) is 12.0 Å². The first kappa shape index (κ1) is 13.7. The molecule has 0 aromatic carbocycles. The second kappa shape index (κ2) is 4.74. The maximum absolute atomic E-state index is 13.4. The molecular weight excluding hydrogens is 242 g/mol. The summed E-state index contributed by atoms with van der Waals surface area (Å²) >= 11 is 0.